The SMILES string of the molecule is CCCCCC/C=C/C(C)=C(/NC(C)=O)C(=O)OC. The Kier molecular flexibility index (Phi) is 9.49. The normalized spacial score (nSPS) is 12.2. The molecule has 108 valence electrons. The Balaban J connectivity index is 4.52. The Labute approximate surface area is 115 Å². The van der Waals surface area contributed by atoms with Gasteiger partial charge in [0.05, 0.1) is 7.11 Å². The summed E-state index contributed by atoms with van der Waals surface area (Å²) >= 11 is 0. The lowest BCUT2D eigenvalue weighted by Gasteiger charge is -2.08. The minimum Gasteiger partial charge on any atom is -0.464 e. The van der Waals surface area contributed by atoms with Crippen LogP contribution in [0.5, 0.6) is 0 Å². The lowest BCUT2D eigenvalue weighted by atomic mass is 10.1. The van der Waals surface area contributed by atoms with Crippen LogP contribution >= 0.6 is 0 Å². The van der Waals surface area contributed by atoms with E-state index in [1.807, 2.05) is 12.2 Å². The molecule has 4 heteroatoms. The number of unbranched alkanes of at least 4 members (excludes halogenated alkanes) is 4. The average Bonchev–Trinajstić information content (AvgIpc) is 2.38. The van der Waals surface area contributed by atoms with Crippen LogP contribution in [-0.4, -0.2) is 19.0 Å². The van der Waals surface area contributed by atoms with E-state index in [0.717, 1.165) is 12.8 Å². The summed E-state index contributed by atoms with van der Waals surface area (Å²) in [5.74, 6) is -0.806. The summed E-state index contributed by atoms with van der Waals surface area (Å²) in [4.78, 5) is 22.6. The van der Waals surface area contributed by atoms with Crippen LogP contribution in [0.4, 0.5) is 0 Å². The molecule has 0 heterocycles. The molecular formula is C15H25NO3. The van der Waals surface area contributed by atoms with E-state index in [2.05, 4.69) is 17.0 Å². The summed E-state index contributed by atoms with van der Waals surface area (Å²) in [5.41, 5.74) is 0.914. The van der Waals surface area contributed by atoms with Crippen molar-refractivity contribution in [2.45, 2.75) is 52.9 Å². The summed E-state index contributed by atoms with van der Waals surface area (Å²) in [6.45, 7) is 5.33. The minimum atomic E-state index is -0.525. The van der Waals surface area contributed by atoms with Gasteiger partial charge in [0.25, 0.3) is 0 Å². The number of carbonyl (C=O) groups excluding carboxylic acids is 2. The summed E-state index contributed by atoms with van der Waals surface area (Å²) in [7, 11) is 1.30. The largest absolute Gasteiger partial charge is 0.464 e. The molecule has 0 spiro atoms. The van der Waals surface area contributed by atoms with Crippen LogP contribution in [-0.2, 0) is 14.3 Å². The molecule has 0 aromatic heterocycles. The Hall–Kier alpha value is -1.58. The Bertz CT molecular complexity index is 356. The molecule has 0 atom stereocenters. The zero-order valence-electron chi connectivity index (χ0n) is 12.4. The predicted molar refractivity (Wildman–Crippen MR) is 76.4 cm³/mol. The summed E-state index contributed by atoms with van der Waals surface area (Å²) in [5, 5.41) is 2.51. The van der Waals surface area contributed by atoms with Gasteiger partial charge in [0.15, 0.2) is 0 Å². The highest BCUT2D eigenvalue weighted by atomic mass is 16.5. The molecule has 4 nitrogen and oxygen atoms in total. The summed E-state index contributed by atoms with van der Waals surface area (Å²) < 4.78 is 4.65. The fourth-order valence-electron chi connectivity index (χ4n) is 1.62. The number of ether oxygens (including phenoxy) is 1. The van der Waals surface area contributed by atoms with Crippen LogP contribution in [0.2, 0.25) is 0 Å². The molecule has 0 unspecified atom stereocenters. The van der Waals surface area contributed by atoms with Crippen molar-refractivity contribution in [3.63, 3.8) is 0 Å². The van der Waals surface area contributed by atoms with Crippen molar-refractivity contribution in [2.24, 2.45) is 0 Å². The molecular weight excluding hydrogens is 242 g/mol. The van der Waals surface area contributed by atoms with E-state index < -0.39 is 5.97 Å². The molecule has 0 saturated heterocycles. The van der Waals surface area contributed by atoms with E-state index in [-0.39, 0.29) is 11.6 Å². The van der Waals surface area contributed by atoms with Crippen LogP contribution in [0.3, 0.4) is 0 Å². The first-order chi connectivity index (χ1) is 9.02. The Morgan fingerprint density at radius 2 is 1.84 bits per heavy atom. The zero-order chi connectivity index (χ0) is 14.7. The number of carbonyl (C=O) groups is 2. The van der Waals surface area contributed by atoms with E-state index in [1.165, 1.54) is 33.3 Å². The molecule has 0 aromatic carbocycles. The Morgan fingerprint density at radius 3 is 2.37 bits per heavy atom. The molecule has 0 bridgehead atoms. The molecule has 0 radical (unpaired) electrons. The van der Waals surface area contributed by atoms with Crippen LogP contribution in [0.25, 0.3) is 0 Å². The van der Waals surface area contributed by atoms with E-state index in [0.29, 0.717) is 5.57 Å². The highest BCUT2D eigenvalue weighted by Gasteiger charge is 2.13. The van der Waals surface area contributed by atoms with Crippen LogP contribution in [0.15, 0.2) is 23.4 Å². The third-order valence-corrected chi connectivity index (χ3v) is 2.68. The fourth-order valence-corrected chi connectivity index (χ4v) is 1.62. The molecule has 0 fully saturated rings. The van der Waals surface area contributed by atoms with Crippen molar-refractivity contribution in [3.05, 3.63) is 23.4 Å². The average molecular weight is 267 g/mol. The maximum Gasteiger partial charge on any atom is 0.354 e. The van der Waals surface area contributed by atoms with Gasteiger partial charge in [0, 0.05) is 6.92 Å². The first-order valence-corrected chi connectivity index (χ1v) is 6.76. The number of nitrogens with one attached hydrogen (secondary N) is 1. The van der Waals surface area contributed by atoms with Crippen molar-refractivity contribution >= 4 is 11.9 Å². The van der Waals surface area contributed by atoms with Gasteiger partial charge in [-0.1, -0.05) is 38.3 Å². The molecule has 1 amide bonds. The number of rotatable bonds is 8. The number of amides is 1. The second-order valence-corrected chi connectivity index (χ2v) is 4.48. The monoisotopic (exact) mass is 267 g/mol. The van der Waals surface area contributed by atoms with Crippen molar-refractivity contribution < 1.29 is 14.3 Å². The number of hydrogen-bond acceptors (Lipinski definition) is 3. The van der Waals surface area contributed by atoms with Crippen molar-refractivity contribution in [1.82, 2.24) is 5.32 Å². The summed E-state index contributed by atoms with van der Waals surface area (Å²) in [6, 6.07) is 0. The van der Waals surface area contributed by atoms with Crippen LogP contribution in [0, 0.1) is 0 Å². The fraction of sp³-hybridized carbons (Fsp3) is 0.600. The van der Waals surface area contributed by atoms with E-state index in [9.17, 15) is 9.59 Å². The lowest BCUT2D eigenvalue weighted by molar-refractivity contribution is -0.137. The topological polar surface area (TPSA) is 55.4 Å². The number of methoxy groups -OCH3 is 1. The quantitative estimate of drug-likeness (QED) is 0.318. The smallest absolute Gasteiger partial charge is 0.354 e. The lowest BCUT2D eigenvalue weighted by Crippen LogP contribution is -2.26. The molecule has 1 N–H and O–H groups in total. The van der Waals surface area contributed by atoms with Gasteiger partial charge in [-0.25, -0.2) is 4.79 Å². The van der Waals surface area contributed by atoms with E-state index in [1.54, 1.807) is 6.92 Å². The number of allylic oxidation sites excluding steroid dienone is 3. The van der Waals surface area contributed by atoms with Crippen molar-refractivity contribution in [2.75, 3.05) is 7.11 Å². The first kappa shape index (κ1) is 17.4. The first-order valence-electron chi connectivity index (χ1n) is 6.76. The second kappa shape index (κ2) is 10.4. The van der Waals surface area contributed by atoms with Crippen LogP contribution < -0.4 is 5.32 Å². The highest BCUT2D eigenvalue weighted by Crippen LogP contribution is 2.08. The van der Waals surface area contributed by atoms with Gasteiger partial charge in [0.1, 0.15) is 5.70 Å². The van der Waals surface area contributed by atoms with E-state index >= 15 is 0 Å². The highest BCUT2D eigenvalue weighted by molar-refractivity contribution is 5.94. The summed E-state index contributed by atoms with van der Waals surface area (Å²) in [6.07, 6.45) is 9.69. The second-order valence-electron chi connectivity index (χ2n) is 4.48. The van der Waals surface area contributed by atoms with Gasteiger partial charge in [-0.05, 0) is 25.3 Å². The molecule has 0 aromatic rings. The number of hydrogen-bond donors (Lipinski definition) is 1. The van der Waals surface area contributed by atoms with Gasteiger partial charge in [-0.2, -0.15) is 0 Å². The van der Waals surface area contributed by atoms with Gasteiger partial charge >= 0.3 is 5.97 Å². The third-order valence-electron chi connectivity index (χ3n) is 2.68. The van der Waals surface area contributed by atoms with Gasteiger partial charge in [-0.15, -0.1) is 0 Å². The van der Waals surface area contributed by atoms with E-state index in [4.69, 9.17) is 0 Å². The maximum atomic E-state index is 11.5. The molecule has 0 saturated carbocycles. The van der Waals surface area contributed by atoms with Crippen molar-refractivity contribution in [3.8, 4) is 0 Å². The predicted octanol–water partition coefficient (Wildman–Crippen LogP) is 3.10. The zero-order valence-corrected chi connectivity index (χ0v) is 12.4. The minimum absolute atomic E-state index is 0.208. The van der Waals surface area contributed by atoms with Crippen LogP contribution in [0.1, 0.15) is 52.9 Å². The molecule has 0 aliphatic rings. The third kappa shape index (κ3) is 8.19. The molecule has 0 rings (SSSR count). The molecule has 0 aliphatic carbocycles. The molecule has 19 heavy (non-hydrogen) atoms. The van der Waals surface area contributed by atoms with Gasteiger partial charge in [0.2, 0.25) is 5.91 Å². The molecule has 0 aliphatic heterocycles. The van der Waals surface area contributed by atoms with Gasteiger partial charge < -0.3 is 10.1 Å². The van der Waals surface area contributed by atoms with Crippen molar-refractivity contribution in [1.29, 1.82) is 0 Å². The standard InChI is InChI=1S/C15H25NO3/c1-5-6-7-8-9-10-11-12(2)14(15(18)19-4)16-13(3)17/h10-11H,5-9H2,1-4H3,(H,16,17)/b11-10+,14-12+. The maximum absolute atomic E-state index is 11.5. The van der Waals surface area contributed by atoms with Gasteiger partial charge in [-0.3, -0.25) is 4.79 Å². The Morgan fingerprint density at radius 1 is 1.16 bits per heavy atom. The number of esters is 1.